The number of hydrogen-bond donors (Lipinski definition) is 2. The van der Waals surface area contributed by atoms with Gasteiger partial charge >= 0.3 is 0 Å². The standard InChI is InChI=1S/C15H14N4/c16-15-14-13(18-8-19-15)12(7-17-14)11-5-9-3-1-2-4-10(9)6-11/h1-4,7-8,11,17H,5-6H2,(H2,16,18,19). The van der Waals surface area contributed by atoms with Crippen molar-refractivity contribution in [2.45, 2.75) is 18.8 Å². The van der Waals surface area contributed by atoms with Gasteiger partial charge in [0.05, 0.1) is 5.52 Å². The van der Waals surface area contributed by atoms with Crippen molar-refractivity contribution in [1.29, 1.82) is 0 Å². The number of H-pyrrole nitrogens is 1. The zero-order chi connectivity index (χ0) is 12.8. The van der Waals surface area contributed by atoms with Crippen molar-refractivity contribution in [3.63, 3.8) is 0 Å². The number of nitrogens with two attached hydrogens (primary N) is 1. The van der Waals surface area contributed by atoms with Gasteiger partial charge in [0.25, 0.3) is 0 Å². The highest BCUT2D eigenvalue weighted by molar-refractivity contribution is 5.87. The Morgan fingerprint density at radius 3 is 2.58 bits per heavy atom. The molecular weight excluding hydrogens is 236 g/mol. The van der Waals surface area contributed by atoms with E-state index in [2.05, 4.69) is 39.2 Å². The molecule has 0 radical (unpaired) electrons. The van der Waals surface area contributed by atoms with Crippen molar-refractivity contribution in [3.05, 3.63) is 53.5 Å². The Labute approximate surface area is 110 Å². The SMILES string of the molecule is Nc1ncnc2c(C3Cc4ccccc4C3)c[nH]c12. The number of nitrogen functional groups attached to an aromatic ring is 1. The highest BCUT2D eigenvalue weighted by Gasteiger charge is 2.25. The Morgan fingerprint density at radius 1 is 1.11 bits per heavy atom. The lowest BCUT2D eigenvalue weighted by Gasteiger charge is -2.06. The molecule has 19 heavy (non-hydrogen) atoms. The van der Waals surface area contributed by atoms with E-state index < -0.39 is 0 Å². The predicted octanol–water partition coefficient (Wildman–Crippen LogP) is 2.42. The van der Waals surface area contributed by atoms with E-state index in [0.717, 1.165) is 23.9 Å². The van der Waals surface area contributed by atoms with Gasteiger partial charge in [-0.2, -0.15) is 0 Å². The molecule has 1 aromatic carbocycles. The van der Waals surface area contributed by atoms with Crippen molar-refractivity contribution in [2.75, 3.05) is 5.73 Å². The molecule has 3 aromatic rings. The van der Waals surface area contributed by atoms with Crippen molar-refractivity contribution >= 4 is 16.9 Å². The smallest absolute Gasteiger partial charge is 0.151 e. The molecule has 0 aliphatic heterocycles. The van der Waals surface area contributed by atoms with Crippen LogP contribution in [0.2, 0.25) is 0 Å². The van der Waals surface area contributed by atoms with Crippen molar-refractivity contribution < 1.29 is 0 Å². The van der Waals surface area contributed by atoms with Gasteiger partial charge in [-0.05, 0) is 35.4 Å². The molecule has 0 spiro atoms. The molecule has 0 saturated carbocycles. The molecule has 1 aliphatic rings. The van der Waals surface area contributed by atoms with Gasteiger partial charge < -0.3 is 10.7 Å². The van der Waals surface area contributed by atoms with Crippen LogP contribution in [0.1, 0.15) is 22.6 Å². The van der Waals surface area contributed by atoms with Crippen molar-refractivity contribution in [2.24, 2.45) is 0 Å². The lowest BCUT2D eigenvalue weighted by Crippen LogP contribution is -1.98. The second-order valence-electron chi connectivity index (χ2n) is 5.10. The first-order valence-corrected chi connectivity index (χ1v) is 6.47. The highest BCUT2D eigenvalue weighted by Crippen LogP contribution is 2.36. The minimum absolute atomic E-state index is 0.487. The van der Waals surface area contributed by atoms with Gasteiger partial charge in [0.2, 0.25) is 0 Å². The third-order valence-electron chi connectivity index (χ3n) is 4.01. The number of nitrogens with one attached hydrogen (secondary N) is 1. The average Bonchev–Trinajstić information content (AvgIpc) is 3.02. The van der Waals surface area contributed by atoms with Crippen LogP contribution in [0.3, 0.4) is 0 Å². The molecule has 0 atom stereocenters. The van der Waals surface area contributed by atoms with Gasteiger partial charge in [0.1, 0.15) is 11.8 Å². The summed E-state index contributed by atoms with van der Waals surface area (Å²) in [6, 6.07) is 8.65. The van der Waals surface area contributed by atoms with Gasteiger partial charge in [-0.1, -0.05) is 24.3 Å². The fourth-order valence-electron chi connectivity index (χ4n) is 3.07. The summed E-state index contributed by atoms with van der Waals surface area (Å²) in [5.74, 6) is 1.01. The highest BCUT2D eigenvalue weighted by atomic mass is 14.9. The first-order chi connectivity index (χ1) is 9.33. The summed E-state index contributed by atoms with van der Waals surface area (Å²) < 4.78 is 0. The summed E-state index contributed by atoms with van der Waals surface area (Å²) in [6.45, 7) is 0. The van der Waals surface area contributed by atoms with Gasteiger partial charge in [-0.25, -0.2) is 9.97 Å². The Morgan fingerprint density at radius 2 is 1.84 bits per heavy atom. The molecule has 3 N–H and O–H groups in total. The number of aromatic amines is 1. The molecule has 0 bridgehead atoms. The molecule has 2 heterocycles. The number of nitrogens with zero attached hydrogens (tertiary/aromatic N) is 2. The molecule has 0 unspecified atom stereocenters. The third kappa shape index (κ3) is 1.53. The molecular formula is C15H14N4. The second kappa shape index (κ2) is 3.82. The summed E-state index contributed by atoms with van der Waals surface area (Å²) in [6.07, 6.45) is 5.73. The monoisotopic (exact) mass is 250 g/mol. The zero-order valence-electron chi connectivity index (χ0n) is 10.4. The van der Waals surface area contributed by atoms with Crippen LogP contribution < -0.4 is 5.73 Å². The van der Waals surface area contributed by atoms with Gasteiger partial charge in [0, 0.05) is 6.20 Å². The van der Waals surface area contributed by atoms with Crippen LogP contribution in [-0.2, 0) is 12.8 Å². The molecule has 4 nitrogen and oxygen atoms in total. The minimum Gasteiger partial charge on any atom is -0.382 e. The lowest BCUT2D eigenvalue weighted by atomic mass is 9.98. The summed E-state index contributed by atoms with van der Waals surface area (Å²) in [5, 5.41) is 0. The van der Waals surface area contributed by atoms with Crippen LogP contribution in [0, 0.1) is 0 Å². The van der Waals surface area contributed by atoms with Crippen LogP contribution >= 0.6 is 0 Å². The zero-order valence-corrected chi connectivity index (χ0v) is 10.4. The number of rotatable bonds is 1. The Bertz CT molecular complexity index is 735. The van der Waals surface area contributed by atoms with E-state index in [9.17, 15) is 0 Å². The predicted molar refractivity (Wildman–Crippen MR) is 74.9 cm³/mol. The van der Waals surface area contributed by atoms with E-state index in [4.69, 9.17) is 5.73 Å². The molecule has 4 heteroatoms. The maximum atomic E-state index is 5.87. The third-order valence-corrected chi connectivity index (χ3v) is 4.01. The van der Waals surface area contributed by atoms with Gasteiger partial charge in [0.15, 0.2) is 5.82 Å². The van der Waals surface area contributed by atoms with Crippen molar-refractivity contribution in [1.82, 2.24) is 15.0 Å². The van der Waals surface area contributed by atoms with E-state index in [1.165, 1.54) is 23.0 Å². The fraction of sp³-hybridized carbons (Fsp3) is 0.200. The molecule has 1 aliphatic carbocycles. The Balaban J connectivity index is 1.80. The number of anilines is 1. The second-order valence-corrected chi connectivity index (χ2v) is 5.10. The number of fused-ring (bicyclic) bond motifs is 2. The lowest BCUT2D eigenvalue weighted by molar-refractivity contribution is 0.746. The van der Waals surface area contributed by atoms with Crippen LogP contribution in [0.25, 0.3) is 11.0 Å². The Kier molecular flexibility index (Phi) is 2.12. The van der Waals surface area contributed by atoms with Crippen LogP contribution in [-0.4, -0.2) is 15.0 Å². The van der Waals surface area contributed by atoms with Crippen molar-refractivity contribution in [3.8, 4) is 0 Å². The topological polar surface area (TPSA) is 67.6 Å². The number of aromatic nitrogens is 3. The van der Waals surface area contributed by atoms with Gasteiger partial charge in [-0.3, -0.25) is 0 Å². The van der Waals surface area contributed by atoms with Crippen LogP contribution in [0.5, 0.6) is 0 Å². The van der Waals surface area contributed by atoms with E-state index >= 15 is 0 Å². The minimum atomic E-state index is 0.487. The largest absolute Gasteiger partial charge is 0.382 e. The maximum Gasteiger partial charge on any atom is 0.151 e. The molecule has 0 fully saturated rings. The molecule has 4 rings (SSSR count). The fourth-order valence-corrected chi connectivity index (χ4v) is 3.07. The molecule has 2 aromatic heterocycles. The van der Waals surface area contributed by atoms with Crippen LogP contribution in [0.15, 0.2) is 36.8 Å². The maximum absolute atomic E-state index is 5.87. The summed E-state index contributed by atoms with van der Waals surface area (Å²) >= 11 is 0. The van der Waals surface area contributed by atoms with E-state index in [1.54, 1.807) is 0 Å². The van der Waals surface area contributed by atoms with Crippen LogP contribution in [0.4, 0.5) is 5.82 Å². The number of hydrogen-bond acceptors (Lipinski definition) is 3. The first-order valence-electron chi connectivity index (χ1n) is 6.47. The first kappa shape index (κ1) is 10.6. The summed E-state index contributed by atoms with van der Waals surface area (Å²) in [4.78, 5) is 11.6. The molecule has 0 saturated heterocycles. The normalized spacial score (nSPS) is 14.9. The quantitative estimate of drug-likeness (QED) is 0.697. The summed E-state index contributed by atoms with van der Waals surface area (Å²) in [5.41, 5.74) is 11.8. The number of benzene rings is 1. The van der Waals surface area contributed by atoms with E-state index in [0.29, 0.717) is 11.7 Å². The molecule has 0 amide bonds. The van der Waals surface area contributed by atoms with Gasteiger partial charge in [-0.15, -0.1) is 0 Å². The Hall–Kier alpha value is -2.36. The summed E-state index contributed by atoms with van der Waals surface area (Å²) in [7, 11) is 0. The average molecular weight is 250 g/mol. The molecule has 94 valence electrons. The van der Waals surface area contributed by atoms with E-state index in [1.807, 2.05) is 6.20 Å². The van der Waals surface area contributed by atoms with E-state index in [-0.39, 0.29) is 0 Å².